The lowest BCUT2D eigenvalue weighted by Gasteiger charge is -2.11. The summed E-state index contributed by atoms with van der Waals surface area (Å²) in [5.74, 6) is 1.69. The van der Waals surface area contributed by atoms with Crippen molar-refractivity contribution in [1.82, 2.24) is 19.9 Å². The molecule has 6 aromatic carbocycles. The van der Waals surface area contributed by atoms with Crippen LogP contribution in [0.2, 0.25) is 0 Å². The molecule has 0 bridgehead atoms. The number of furan rings is 1. The van der Waals surface area contributed by atoms with E-state index in [1.54, 1.807) is 6.20 Å². The summed E-state index contributed by atoms with van der Waals surface area (Å²) in [7, 11) is 0. The van der Waals surface area contributed by atoms with Crippen LogP contribution in [0.5, 0.6) is 0 Å². The quantitative estimate of drug-likeness (QED) is 0.205. The van der Waals surface area contributed by atoms with Gasteiger partial charge in [0.15, 0.2) is 17.5 Å². The highest BCUT2D eigenvalue weighted by Crippen LogP contribution is 2.36. The van der Waals surface area contributed by atoms with Gasteiger partial charge in [0, 0.05) is 22.7 Å². The molecular formula is C38H22N4O. The second kappa shape index (κ2) is 9.29. The third-order valence-corrected chi connectivity index (χ3v) is 8.17. The number of pyridine rings is 1. The van der Waals surface area contributed by atoms with Crippen LogP contribution in [0.3, 0.4) is 0 Å². The highest BCUT2D eigenvalue weighted by Gasteiger charge is 2.19. The number of benzene rings is 6. The van der Waals surface area contributed by atoms with Crippen LogP contribution in [0.25, 0.3) is 88.5 Å². The number of aromatic nitrogens is 4. The molecule has 0 N–H and O–H groups in total. The minimum Gasteiger partial charge on any atom is -0.456 e. The monoisotopic (exact) mass is 550 g/mol. The predicted molar refractivity (Wildman–Crippen MR) is 174 cm³/mol. The van der Waals surface area contributed by atoms with Gasteiger partial charge in [-0.1, -0.05) is 109 Å². The lowest BCUT2D eigenvalue weighted by atomic mass is 9.96. The molecule has 9 rings (SSSR count). The van der Waals surface area contributed by atoms with Crippen molar-refractivity contribution in [3.63, 3.8) is 0 Å². The fourth-order valence-corrected chi connectivity index (χ4v) is 6.12. The van der Waals surface area contributed by atoms with E-state index < -0.39 is 0 Å². The van der Waals surface area contributed by atoms with Crippen LogP contribution >= 0.6 is 0 Å². The number of hydrogen-bond donors (Lipinski definition) is 0. The first kappa shape index (κ1) is 23.7. The van der Waals surface area contributed by atoms with Gasteiger partial charge in [-0.3, -0.25) is 4.98 Å². The van der Waals surface area contributed by atoms with E-state index in [0.717, 1.165) is 38.5 Å². The van der Waals surface area contributed by atoms with Crippen molar-refractivity contribution in [1.29, 1.82) is 0 Å². The zero-order valence-corrected chi connectivity index (χ0v) is 22.9. The van der Waals surface area contributed by atoms with E-state index >= 15 is 0 Å². The third-order valence-electron chi connectivity index (χ3n) is 8.17. The number of hydrogen-bond acceptors (Lipinski definition) is 5. The Kier molecular flexibility index (Phi) is 5.13. The molecule has 3 aromatic heterocycles. The maximum atomic E-state index is 6.15. The summed E-state index contributed by atoms with van der Waals surface area (Å²) >= 11 is 0. The first-order valence-electron chi connectivity index (χ1n) is 14.2. The molecule has 0 aliphatic heterocycles. The molecule has 43 heavy (non-hydrogen) atoms. The van der Waals surface area contributed by atoms with E-state index in [0.29, 0.717) is 23.2 Å². The van der Waals surface area contributed by atoms with Crippen LogP contribution in [-0.2, 0) is 0 Å². The molecule has 200 valence electrons. The van der Waals surface area contributed by atoms with Crippen molar-refractivity contribution in [2.24, 2.45) is 0 Å². The molecule has 5 heteroatoms. The van der Waals surface area contributed by atoms with Crippen LogP contribution in [0, 0.1) is 0 Å². The first-order valence-corrected chi connectivity index (χ1v) is 14.2. The Labute approximate surface area is 246 Å². The van der Waals surface area contributed by atoms with Gasteiger partial charge in [0.2, 0.25) is 0 Å². The molecule has 0 aliphatic rings. The zero-order chi connectivity index (χ0) is 28.3. The molecule has 0 spiro atoms. The molecule has 0 atom stereocenters. The average molecular weight is 551 g/mol. The Morgan fingerprint density at radius 3 is 1.93 bits per heavy atom. The van der Waals surface area contributed by atoms with E-state index in [-0.39, 0.29) is 0 Å². The Bertz CT molecular complexity index is 2520. The molecule has 0 radical (unpaired) electrons. The lowest BCUT2D eigenvalue weighted by Crippen LogP contribution is -2.01. The van der Waals surface area contributed by atoms with Gasteiger partial charge in [0.25, 0.3) is 0 Å². The zero-order valence-electron chi connectivity index (χ0n) is 22.9. The maximum absolute atomic E-state index is 6.15. The van der Waals surface area contributed by atoms with E-state index in [1.807, 2.05) is 60.7 Å². The summed E-state index contributed by atoms with van der Waals surface area (Å²) in [6, 6.07) is 43.7. The summed E-state index contributed by atoms with van der Waals surface area (Å²) in [6.45, 7) is 0. The molecule has 5 nitrogen and oxygen atoms in total. The number of rotatable bonds is 3. The predicted octanol–water partition coefficient (Wildman–Crippen LogP) is 9.63. The van der Waals surface area contributed by atoms with E-state index in [9.17, 15) is 0 Å². The normalized spacial score (nSPS) is 11.7. The van der Waals surface area contributed by atoms with Gasteiger partial charge in [0.1, 0.15) is 16.9 Å². The van der Waals surface area contributed by atoms with Crippen molar-refractivity contribution < 1.29 is 4.42 Å². The number of para-hydroxylation sites is 1. The second-order valence-corrected chi connectivity index (χ2v) is 10.7. The van der Waals surface area contributed by atoms with Crippen LogP contribution in [0.15, 0.2) is 138 Å². The van der Waals surface area contributed by atoms with E-state index in [4.69, 9.17) is 24.4 Å². The topological polar surface area (TPSA) is 64.7 Å². The fraction of sp³-hybridized carbons (Fsp3) is 0. The molecule has 0 fully saturated rings. The van der Waals surface area contributed by atoms with Crippen LogP contribution < -0.4 is 0 Å². The lowest BCUT2D eigenvalue weighted by molar-refractivity contribution is 0.668. The summed E-state index contributed by atoms with van der Waals surface area (Å²) in [4.78, 5) is 19.8. The summed E-state index contributed by atoms with van der Waals surface area (Å²) in [5, 5.41) is 9.10. The van der Waals surface area contributed by atoms with Crippen molar-refractivity contribution in [2.45, 2.75) is 0 Å². The second-order valence-electron chi connectivity index (χ2n) is 10.7. The summed E-state index contributed by atoms with van der Waals surface area (Å²) in [6.07, 6.45) is 1.75. The average Bonchev–Trinajstić information content (AvgIpc) is 3.47. The minimum absolute atomic E-state index is 0.505. The van der Waals surface area contributed by atoms with Crippen LogP contribution in [0.1, 0.15) is 0 Å². The highest BCUT2D eigenvalue weighted by atomic mass is 16.3. The molecule has 0 unspecified atom stereocenters. The van der Waals surface area contributed by atoms with Gasteiger partial charge in [-0.15, -0.1) is 0 Å². The Balaban J connectivity index is 1.31. The Morgan fingerprint density at radius 1 is 0.419 bits per heavy atom. The number of nitrogens with zero attached hydrogens (tertiary/aromatic N) is 4. The Hall–Kier alpha value is -5.94. The highest BCUT2D eigenvalue weighted by molar-refractivity contribution is 6.17. The smallest absolute Gasteiger partial charge is 0.183 e. The van der Waals surface area contributed by atoms with E-state index in [1.165, 1.54) is 26.9 Å². The molecular weight excluding hydrogens is 528 g/mol. The molecule has 9 aromatic rings. The first-order chi connectivity index (χ1) is 21.3. The molecule has 0 amide bonds. The maximum Gasteiger partial charge on any atom is 0.183 e. The minimum atomic E-state index is 0.505. The van der Waals surface area contributed by atoms with Crippen molar-refractivity contribution in [2.75, 3.05) is 0 Å². The Morgan fingerprint density at radius 2 is 1.07 bits per heavy atom. The van der Waals surface area contributed by atoms with E-state index in [2.05, 4.69) is 66.7 Å². The van der Waals surface area contributed by atoms with Gasteiger partial charge < -0.3 is 4.42 Å². The van der Waals surface area contributed by atoms with Crippen molar-refractivity contribution >= 4 is 54.3 Å². The molecule has 0 saturated heterocycles. The van der Waals surface area contributed by atoms with Gasteiger partial charge >= 0.3 is 0 Å². The standard InChI is InChI=1S/C38H22N4O/c1-2-9-25(10-3-1)36-40-37(42-38(41-36)35-34-30-12-6-7-13-32(30)43-33(34)20-21-39-35)26-15-14-24-17-18-28-27-11-5-4-8-23(27)16-19-29(28)31(24)22-26/h1-22H. The molecule has 0 aliphatic carbocycles. The van der Waals surface area contributed by atoms with Gasteiger partial charge in [-0.05, 0) is 50.5 Å². The van der Waals surface area contributed by atoms with Crippen LogP contribution in [-0.4, -0.2) is 19.9 Å². The van der Waals surface area contributed by atoms with Gasteiger partial charge in [0.05, 0.1) is 5.39 Å². The summed E-state index contributed by atoms with van der Waals surface area (Å²) in [5.41, 5.74) is 4.05. The third kappa shape index (κ3) is 3.79. The molecule has 3 heterocycles. The van der Waals surface area contributed by atoms with Crippen molar-refractivity contribution in [3.8, 4) is 34.3 Å². The summed E-state index contributed by atoms with van der Waals surface area (Å²) < 4.78 is 6.15. The van der Waals surface area contributed by atoms with Crippen molar-refractivity contribution in [3.05, 3.63) is 134 Å². The molecule has 0 saturated carbocycles. The number of fused-ring (bicyclic) bond motifs is 8. The SMILES string of the molecule is c1ccc(-c2nc(-c3ccc4ccc5c6ccccc6ccc5c4c3)nc(-c3nccc4oc5ccccc5c34)n2)cc1. The van der Waals surface area contributed by atoms with Gasteiger partial charge in [-0.2, -0.15) is 0 Å². The fourth-order valence-electron chi connectivity index (χ4n) is 6.12. The van der Waals surface area contributed by atoms with Gasteiger partial charge in [-0.25, -0.2) is 15.0 Å². The van der Waals surface area contributed by atoms with Crippen LogP contribution in [0.4, 0.5) is 0 Å². The largest absolute Gasteiger partial charge is 0.456 e.